The summed E-state index contributed by atoms with van der Waals surface area (Å²) in [7, 11) is -3.91. The van der Waals surface area contributed by atoms with E-state index in [2.05, 4.69) is 21.9 Å². The molecule has 6 rings (SSSR count). The summed E-state index contributed by atoms with van der Waals surface area (Å²) >= 11 is 0. The van der Waals surface area contributed by atoms with E-state index in [1.54, 1.807) is 41.5 Å². The quantitative estimate of drug-likeness (QED) is 0.239. The highest BCUT2D eigenvalue weighted by atomic mass is 32.2. The molecular weight excluding hydrogens is 713 g/mol. The third kappa shape index (κ3) is 8.35. The molecule has 1 aromatic heterocycles. The van der Waals surface area contributed by atoms with Gasteiger partial charge in [0.2, 0.25) is 27.7 Å². The third-order valence-electron chi connectivity index (χ3n) is 9.75. The van der Waals surface area contributed by atoms with E-state index in [0.29, 0.717) is 29.6 Å². The number of alkyl carbamates (subject to hydrolysis) is 1. The molecular formula is C39H48N6O8S. The van der Waals surface area contributed by atoms with Crippen LogP contribution in [-0.4, -0.2) is 88.2 Å². The lowest BCUT2D eigenvalue weighted by atomic mass is 9.85. The van der Waals surface area contributed by atoms with Gasteiger partial charge in [0.05, 0.1) is 22.7 Å². The van der Waals surface area contributed by atoms with Gasteiger partial charge in [-0.3, -0.25) is 19.1 Å². The normalized spacial score (nSPS) is 23.2. The lowest BCUT2D eigenvalue weighted by molar-refractivity contribution is -0.143. The number of amides is 4. The zero-order chi connectivity index (χ0) is 39.2. The average molecular weight is 761 g/mol. The average Bonchev–Trinajstić information content (AvgIpc) is 4.03. The summed E-state index contributed by atoms with van der Waals surface area (Å²) in [6, 6.07) is 14.4. The molecule has 1 unspecified atom stereocenters. The Morgan fingerprint density at radius 3 is 2.26 bits per heavy atom. The number of nitrogens with zero attached hydrogens (tertiary/aromatic N) is 3. The van der Waals surface area contributed by atoms with Gasteiger partial charge < -0.3 is 25.0 Å². The van der Waals surface area contributed by atoms with Gasteiger partial charge in [0.15, 0.2) is 5.82 Å². The molecule has 2 aliphatic carbocycles. The SMILES string of the molecule is C=C[C@@H]1C[C@]1(NC(=O)C1C[C@@H](Oc2nc(-c3ccccc3)nc3ccccc23)CN1C(=O)[C@@H](NC(=O)OC(C)(C)C)C(C)(C)C)C(=O)NS(=O)(=O)C1CC1. The van der Waals surface area contributed by atoms with E-state index in [4.69, 9.17) is 19.4 Å². The van der Waals surface area contributed by atoms with Crippen molar-refractivity contribution in [1.29, 1.82) is 0 Å². The van der Waals surface area contributed by atoms with Crippen LogP contribution in [0.3, 0.4) is 0 Å². The minimum absolute atomic E-state index is 0.00327. The summed E-state index contributed by atoms with van der Waals surface area (Å²) in [5.41, 5.74) is -1.83. The summed E-state index contributed by atoms with van der Waals surface area (Å²) in [4.78, 5) is 66.3. The number of rotatable bonds is 11. The maximum atomic E-state index is 14.6. The Kier molecular flexibility index (Phi) is 10.2. The van der Waals surface area contributed by atoms with Crippen LogP contribution >= 0.6 is 0 Å². The molecule has 3 fully saturated rings. The topological polar surface area (TPSA) is 186 Å². The predicted octanol–water partition coefficient (Wildman–Crippen LogP) is 4.25. The van der Waals surface area contributed by atoms with Gasteiger partial charge in [-0.15, -0.1) is 6.58 Å². The summed E-state index contributed by atoms with van der Waals surface area (Å²) in [5, 5.41) is 5.49. The molecule has 2 heterocycles. The van der Waals surface area contributed by atoms with Crippen LogP contribution in [0.4, 0.5) is 4.79 Å². The van der Waals surface area contributed by atoms with Gasteiger partial charge in [-0.05, 0) is 57.6 Å². The smallest absolute Gasteiger partial charge is 0.408 e. The molecule has 54 heavy (non-hydrogen) atoms. The Labute approximate surface area is 315 Å². The molecule has 2 saturated carbocycles. The van der Waals surface area contributed by atoms with Gasteiger partial charge in [-0.25, -0.2) is 18.2 Å². The van der Waals surface area contributed by atoms with Crippen molar-refractivity contribution in [3.63, 3.8) is 0 Å². The summed E-state index contributed by atoms with van der Waals surface area (Å²) in [6.45, 7) is 14.2. The highest BCUT2D eigenvalue weighted by Crippen LogP contribution is 2.45. The van der Waals surface area contributed by atoms with Gasteiger partial charge in [-0.1, -0.05) is 69.3 Å². The number of hydrogen-bond donors (Lipinski definition) is 3. The Morgan fingerprint density at radius 2 is 1.65 bits per heavy atom. The van der Waals surface area contributed by atoms with Crippen LogP contribution < -0.4 is 20.1 Å². The van der Waals surface area contributed by atoms with Crippen LogP contribution in [0, 0.1) is 11.3 Å². The van der Waals surface area contributed by atoms with Crippen LogP contribution in [0.25, 0.3) is 22.3 Å². The molecule has 0 spiro atoms. The number of carbonyl (C=O) groups is 4. The van der Waals surface area contributed by atoms with Crippen molar-refractivity contribution in [2.75, 3.05) is 6.54 Å². The Bertz CT molecular complexity index is 2080. The number of benzene rings is 2. The van der Waals surface area contributed by atoms with E-state index < -0.39 is 79.7 Å². The fraction of sp³-hybridized carbons (Fsp3) is 0.487. The summed E-state index contributed by atoms with van der Waals surface area (Å²) < 4.78 is 39.6. The highest BCUT2D eigenvalue weighted by Gasteiger charge is 2.62. The molecule has 15 heteroatoms. The Hall–Kier alpha value is -5.05. The monoisotopic (exact) mass is 760 g/mol. The Balaban J connectivity index is 1.33. The number of likely N-dealkylation sites (tertiary alicyclic amines) is 1. The van der Waals surface area contributed by atoms with E-state index in [0.717, 1.165) is 5.56 Å². The molecule has 14 nitrogen and oxygen atoms in total. The fourth-order valence-corrected chi connectivity index (χ4v) is 8.01. The summed E-state index contributed by atoms with van der Waals surface area (Å²) in [6.07, 6.45) is 0.971. The number of sulfonamides is 1. The molecule has 3 aromatic rings. The molecule has 3 N–H and O–H groups in total. The number of para-hydroxylation sites is 1. The van der Waals surface area contributed by atoms with Crippen molar-refractivity contribution in [2.45, 2.75) is 102 Å². The van der Waals surface area contributed by atoms with Gasteiger partial charge >= 0.3 is 6.09 Å². The van der Waals surface area contributed by atoms with Gasteiger partial charge in [0.1, 0.15) is 29.3 Å². The van der Waals surface area contributed by atoms with Crippen LogP contribution in [0.5, 0.6) is 5.88 Å². The zero-order valence-corrected chi connectivity index (χ0v) is 32.2. The first kappa shape index (κ1) is 38.7. The van der Waals surface area contributed by atoms with Gasteiger partial charge in [0.25, 0.3) is 5.91 Å². The number of carbonyl (C=O) groups excluding carboxylic acids is 4. The molecule has 3 aliphatic rings. The molecule has 0 radical (unpaired) electrons. The largest absolute Gasteiger partial charge is 0.472 e. The van der Waals surface area contributed by atoms with Crippen molar-refractivity contribution >= 4 is 44.7 Å². The lowest BCUT2D eigenvalue weighted by Crippen LogP contribution is -2.60. The lowest BCUT2D eigenvalue weighted by Gasteiger charge is -2.36. The standard InChI is InChI=1S/C39H48N6O8S/c1-8-24-21-39(24,35(48)44-54(50,51)26-18-19-26)43-32(46)29-20-25(22-45(29)34(47)30(37(2,3)4)41-36(49)53-38(5,6)7)52-33-27-16-12-13-17-28(27)40-31(42-33)23-14-10-9-11-15-23/h8-17,24-26,29-30H,1,18-22H2,2-7H3,(H,41,49)(H,43,46)(H,44,48)/t24-,25-,29?,30-,39-/m1/s1. The van der Waals surface area contributed by atoms with Gasteiger partial charge in [-0.2, -0.15) is 4.98 Å². The second kappa shape index (κ2) is 14.3. The number of ether oxygens (including phenoxy) is 2. The minimum atomic E-state index is -3.91. The second-order valence-electron chi connectivity index (χ2n) is 16.3. The number of aromatic nitrogens is 2. The highest BCUT2D eigenvalue weighted by molar-refractivity contribution is 7.91. The first-order valence-electron chi connectivity index (χ1n) is 18.1. The Morgan fingerprint density at radius 1 is 0.981 bits per heavy atom. The second-order valence-corrected chi connectivity index (χ2v) is 18.3. The molecule has 4 amide bonds. The number of fused-ring (bicyclic) bond motifs is 1. The van der Waals surface area contributed by atoms with Crippen molar-refractivity contribution in [3.05, 3.63) is 67.3 Å². The van der Waals surface area contributed by atoms with E-state index in [1.807, 2.05) is 54.6 Å². The van der Waals surface area contributed by atoms with Crippen LogP contribution in [0.2, 0.25) is 0 Å². The molecule has 1 aliphatic heterocycles. The maximum absolute atomic E-state index is 14.6. The predicted molar refractivity (Wildman–Crippen MR) is 201 cm³/mol. The first-order valence-corrected chi connectivity index (χ1v) is 19.7. The van der Waals surface area contributed by atoms with E-state index in [9.17, 15) is 27.6 Å². The fourth-order valence-electron chi connectivity index (χ4n) is 6.65. The van der Waals surface area contributed by atoms with Crippen molar-refractivity contribution in [3.8, 4) is 17.3 Å². The third-order valence-corrected chi connectivity index (χ3v) is 11.6. The van der Waals surface area contributed by atoms with Crippen LogP contribution in [0.15, 0.2) is 67.3 Å². The zero-order valence-electron chi connectivity index (χ0n) is 31.4. The number of nitrogens with one attached hydrogen (secondary N) is 3. The molecule has 288 valence electrons. The number of hydrogen-bond acceptors (Lipinski definition) is 10. The van der Waals surface area contributed by atoms with Crippen molar-refractivity contribution in [2.24, 2.45) is 11.3 Å². The van der Waals surface area contributed by atoms with E-state index >= 15 is 0 Å². The van der Waals surface area contributed by atoms with Crippen molar-refractivity contribution < 1.29 is 37.1 Å². The van der Waals surface area contributed by atoms with Crippen molar-refractivity contribution in [1.82, 2.24) is 30.2 Å². The molecule has 2 aromatic carbocycles. The van der Waals surface area contributed by atoms with E-state index in [-0.39, 0.29) is 25.3 Å². The summed E-state index contributed by atoms with van der Waals surface area (Å²) in [5.74, 6) is -1.95. The van der Waals surface area contributed by atoms with Crippen LogP contribution in [-0.2, 0) is 29.1 Å². The molecule has 5 atom stereocenters. The molecule has 0 bridgehead atoms. The van der Waals surface area contributed by atoms with Crippen LogP contribution in [0.1, 0.15) is 67.2 Å². The minimum Gasteiger partial charge on any atom is -0.472 e. The first-order chi connectivity index (χ1) is 25.3. The van der Waals surface area contributed by atoms with E-state index in [1.165, 1.54) is 11.0 Å². The molecule has 1 saturated heterocycles. The maximum Gasteiger partial charge on any atom is 0.408 e. The van der Waals surface area contributed by atoms with Gasteiger partial charge in [0, 0.05) is 17.9 Å².